The van der Waals surface area contributed by atoms with Gasteiger partial charge in [-0.15, -0.1) is 11.8 Å². The van der Waals surface area contributed by atoms with Gasteiger partial charge in [0.2, 0.25) is 5.91 Å². The molecule has 2 rings (SSSR count). The first-order valence-electron chi connectivity index (χ1n) is 7.26. The molecule has 2 aromatic carbocycles. The van der Waals surface area contributed by atoms with Gasteiger partial charge in [0.1, 0.15) is 0 Å². The Morgan fingerprint density at radius 3 is 2.41 bits per heavy atom. The third-order valence-corrected chi connectivity index (χ3v) is 4.67. The molecule has 0 aromatic heterocycles. The fraction of sp³-hybridized carbons (Fsp3) is 0.278. The quantitative estimate of drug-likeness (QED) is 0.805. The van der Waals surface area contributed by atoms with Crippen LogP contribution in [0.1, 0.15) is 22.8 Å². The fourth-order valence-corrected chi connectivity index (χ4v) is 3.05. The number of thioether (sulfide) groups is 1. The Hall–Kier alpha value is -1.78. The Balaban J connectivity index is 1.81. The molecule has 2 N–H and O–H groups in total. The first-order valence-corrected chi connectivity index (χ1v) is 8.25. The van der Waals surface area contributed by atoms with Gasteiger partial charge >= 0.3 is 0 Å². The zero-order chi connectivity index (χ0) is 15.9. The smallest absolute Gasteiger partial charge is 0.230 e. The molecule has 0 fully saturated rings. The summed E-state index contributed by atoms with van der Waals surface area (Å²) in [5, 5.41) is 12.9. The average Bonchev–Trinajstić information content (AvgIpc) is 2.52. The van der Waals surface area contributed by atoms with Crippen LogP contribution in [0.5, 0.6) is 0 Å². The maximum absolute atomic E-state index is 11.9. The molecule has 22 heavy (non-hydrogen) atoms. The summed E-state index contributed by atoms with van der Waals surface area (Å²) in [6, 6.07) is 15.7. The van der Waals surface area contributed by atoms with Crippen LogP contribution in [0.3, 0.4) is 0 Å². The second-order valence-electron chi connectivity index (χ2n) is 5.23. The van der Waals surface area contributed by atoms with Crippen LogP contribution in [0.2, 0.25) is 0 Å². The second kappa shape index (κ2) is 8.01. The zero-order valence-corrected chi connectivity index (χ0v) is 13.7. The van der Waals surface area contributed by atoms with Gasteiger partial charge in [0.25, 0.3) is 0 Å². The fourth-order valence-electron chi connectivity index (χ4n) is 2.19. The predicted octanol–water partition coefficient (Wildman–Crippen LogP) is 3.25. The van der Waals surface area contributed by atoms with Crippen LogP contribution in [0.15, 0.2) is 53.4 Å². The van der Waals surface area contributed by atoms with Gasteiger partial charge in [0, 0.05) is 11.4 Å². The summed E-state index contributed by atoms with van der Waals surface area (Å²) in [4.78, 5) is 13.0. The molecule has 0 aliphatic carbocycles. The highest BCUT2D eigenvalue weighted by Gasteiger charge is 2.11. The van der Waals surface area contributed by atoms with Crippen LogP contribution in [-0.2, 0) is 4.79 Å². The molecule has 0 bridgehead atoms. The van der Waals surface area contributed by atoms with E-state index in [1.165, 1.54) is 17.3 Å². The van der Waals surface area contributed by atoms with E-state index in [-0.39, 0.29) is 12.5 Å². The highest BCUT2D eigenvalue weighted by molar-refractivity contribution is 8.00. The van der Waals surface area contributed by atoms with E-state index in [0.717, 1.165) is 16.0 Å². The Morgan fingerprint density at radius 2 is 1.73 bits per heavy atom. The van der Waals surface area contributed by atoms with E-state index in [4.69, 9.17) is 0 Å². The summed E-state index contributed by atoms with van der Waals surface area (Å²) in [5.41, 5.74) is 3.05. The van der Waals surface area contributed by atoms with E-state index < -0.39 is 6.10 Å². The Morgan fingerprint density at radius 1 is 1.09 bits per heavy atom. The van der Waals surface area contributed by atoms with Gasteiger partial charge in [-0.2, -0.15) is 0 Å². The third-order valence-electron chi connectivity index (χ3n) is 3.49. The molecule has 3 nitrogen and oxygen atoms in total. The van der Waals surface area contributed by atoms with Gasteiger partial charge in [0.05, 0.1) is 11.9 Å². The lowest BCUT2D eigenvalue weighted by molar-refractivity contribution is -0.119. The topological polar surface area (TPSA) is 49.3 Å². The molecule has 0 radical (unpaired) electrons. The third kappa shape index (κ3) is 4.61. The molecule has 1 atom stereocenters. The number of hydrogen-bond acceptors (Lipinski definition) is 3. The van der Waals surface area contributed by atoms with E-state index >= 15 is 0 Å². The first kappa shape index (κ1) is 16.6. The van der Waals surface area contributed by atoms with Crippen LogP contribution in [-0.4, -0.2) is 23.3 Å². The van der Waals surface area contributed by atoms with Gasteiger partial charge in [-0.1, -0.05) is 42.5 Å². The van der Waals surface area contributed by atoms with Gasteiger partial charge in [-0.3, -0.25) is 4.79 Å². The van der Waals surface area contributed by atoms with E-state index in [1.807, 2.05) is 62.4 Å². The maximum Gasteiger partial charge on any atom is 0.230 e. The lowest BCUT2D eigenvalue weighted by atomic mass is 10.0. The molecule has 0 aliphatic heterocycles. The van der Waals surface area contributed by atoms with Gasteiger partial charge in [-0.25, -0.2) is 0 Å². The van der Waals surface area contributed by atoms with Crippen LogP contribution < -0.4 is 5.32 Å². The summed E-state index contributed by atoms with van der Waals surface area (Å²) in [5.74, 6) is 0.284. The zero-order valence-electron chi connectivity index (χ0n) is 12.9. The number of hydrogen-bond donors (Lipinski definition) is 2. The molecular formula is C18H21NO2S. The Kier molecular flexibility index (Phi) is 6.04. The molecule has 116 valence electrons. The van der Waals surface area contributed by atoms with Crippen molar-refractivity contribution in [3.8, 4) is 0 Å². The maximum atomic E-state index is 11.9. The van der Waals surface area contributed by atoms with Crippen molar-refractivity contribution < 1.29 is 9.90 Å². The lowest BCUT2D eigenvalue weighted by Crippen LogP contribution is -2.30. The summed E-state index contributed by atoms with van der Waals surface area (Å²) in [6.45, 7) is 4.22. The van der Waals surface area contributed by atoms with Crippen LogP contribution >= 0.6 is 11.8 Å². The van der Waals surface area contributed by atoms with Crippen molar-refractivity contribution in [2.75, 3.05) is 12.3 Å². The van der Waals surface area contributed by atoms with E-state index in [9.17, 15) is 9.90 Å². The minimum absolute atomic E-state index is 0.0686. The monoisotopic (exact) mass is 315 g/mol. The predicted molar refractivity (Wildman–Crippen MR) is 91.1 cm³/mol. The van der Waals surface area contributed by atoms with E-state index in [1.54, 1.807) is 0 Å². The number of amides is 1. The molecule has 0 aliphatic rings. The Labute approximate surface area is 135 Å². The van der Waals surface area contributed by atoms with Crippen molar-refractivity contribution in [3.05, 3.63) is 65.2 Å². The average molecular weight is 315 g/mol. The summed E-state index contributed by atoms with van der Waals surface area (Å²) in [7, 11) is 0. The van der Waals surface area contributed by atoms with Crippen molar-refractivity contribution in [1.29, 1.82) is 0 Å². The number of rotatable bonds is 6. The van der Waals surface area contributed by atoms with Gasteiger partial charge in [0.15, 0.2) is 0 Å². The van der Waals surface area contributed by atoms with Crippen LogP contribution in [0.4, 0.5) is 0 Å². The van der Waals surface area contributed by atoms with Crippen molar-refractivity contribution in [2.24, 2.45) is 0 Å². The molecule has 0 saturated carbocycles. The first-order chi connectivity index (χ1) is 10.6. The van der Waals surface area contributed by atoms with Crippen molar-refractivity contribution in [3.63, 3.8) is 0 Å². The second-order valence-corrected chi connectivity index (χ2v) is 6.25. The highest BCUT2D eigenvalue weighted by Crippen LogP contribution is 2.21. The van der Waals surface area contributed by atoms with Gasteiger partial charge in [-0.05, 0) is 36.6 Å². The molecule has 0 heterocycles. The number of carbonyl (C=O) groups excluding carboxylic acids is 1. The summed E-state index contributed by atoms with van der Waals surface area (Å²) in [6.07, 6.45) is -0.673. The van der Waals surface area contributed by atoms with Crippen LogP contribution in [0.25, 0.3) is 0 Å². The van der Waals surface area contributed by atoms with Crippen molar-refractivity contribution in [2.45, 2.75) is 24.8 Å². The molecular weight excluding hydrogens is 294 g/mol. The number of benzene rings is 2. The molecule has 1 unspecified atom stereocenters. The standard InChI is InChI=1S/C18H21NO2S/c1-13-7-3-5-9-15(13)16(20)11-19-18(21)12-22-17-10-6-4-8-14(17)2/h3-10,16,20H,11-12H2,1-2H3,(H,19,21). The molecule has 0 saturated heterocycles. The molecule has 2 aromatic rings. The lowest BCUT2D eigenvalue weighted by Gasteiger charge is -2.14. The number of aryl methyl sites for hydroxylation is 2. The van der Waals surface area contributed by atoms with Crippen LogP contribution in [0, 0.1) is 13.8 Å². The van der Waals surface area contributed by atoms with Gasteiger partial charge < -0.3 is 10.4 Å². The minimum atomic E-state index is -0.673. The van der Waals surface area contributed by atoms with E-state index in [0.29, 0.717) is 5.75 Å². The highest BCUT2D eigenvalue weighted by atomic mass is 32.2. The van der Waals surface area contributed by atoms with Crippen molar-refractivity contribution >= 4 is 17.7 Å². The molecule has 4 heteroatoms. The minimum Gasteiger partial charge on any atom is -0.387 e. The normalized spacial score (nSPS) is 12.0. The van der Waals surface area contributed by atoms with E-state index in [2.05, 4.69) is 5.32 Å². The number of aliphatic hydroxyl groups excluding tert-OH is 1. The molecule has 0 spiro atoms. The number of aliphatic hydroxyl groups is 1. The van der Waals surface area contributed by atoms with Crippen molar-refractivity contribution in [1.82, 2.24) is 5.32 Å². The Bertz CT molecular complexity index is 642. The summed E-state index contributed by atoms with van der Waals surface area (Å²) >= 11 is 1.51. The SMILES string of the molecule is Cc1ccccc1SCC(=O)NCC(O)c1ccccc1C. The molecule has 1 amide bonds. The largest absolute Gasteiger partial charge is 0.387 e. The summed E-state index contributed by atoms with van der Waals surface area (Å²) < 4.78 is 0. The number of nitrogens with one attached hydrogen (secondary N) is 1. The number of carbonyl (C=O) groups is 1.